The molecule has 0 amide bonds. The molecule has 0 radical (unpaired) electrons. The molecular weight excluding hydrogens is 376 g/mol. The predicted molar refractivity (Wildman–Crippen MR) is 103 cm³/mol. The maximum absolute atomic E-state index is 6.03. The molecule has 0 spiro atoms. The van der Waals surface area contributed by atoms with Crippen LogP contribution in [-0.4, -0.2) is 36.2 Å². The van der Waals surface area contributed by atoms with E-state index >= 15 is 0 Å². The second-order valence-electron chi connectivity index (χ2n) is 4.65. The molecule has 23 heavy (non-hydrogen) atoms. The summed E-state index contributed by atoms with van der Waals surface area (Å²) >= 11 is 9.51. The molecule has 0 atom stereocenters. The van der Waals surface area contributed by atoms with Gasteiger partial charge >= 0.3 is 0 Å². The summed E-state index contributed by atoms with van der Waals surface area (Å²) in [6.45, 7) is 12.5. The fourth-order valence-electron chi connectivity index (χ4n) is 2.37. The van der Waals surface area contributed by atoms with Crippen LogP contribution in [0.15, 0.2) is 28.9 Å². The van der Waals surface area contributed by atoms with E-state index in [9.17, 15) is 0 Å². The number of benzene rings is 1. The smallest absolute Gasteiger partial charge is 0.107 e. The third-order valence-corrected chi connectivity index (χ3v) is 3.97. The summed E-state index contributed by atoms with van der Waals surface area (Å²) in [5, 5.41) is 1.88. The van der Waals surface area contributed by atoms with Crippen LogP contribution in [-0.2, 0) is 11.3 Å². The number of hydrogen-bond donors (Lipinski definition) is 0. The highest BCUT2D eigenvalue weighted by molar-refractivity contribution is 9.10. The van der Waals surface area contributed by atoms with Crippen molar-refractivity contribution in [1.82, 2.24) is 9.88 Å². The van der Waals surface area contributed by atoms with Crippen LogP contribution in [0.4, 0.5) is 0 Å². The standard InChI is InChI=1S/C14H14BrClN2O.2C2H6/c15-14-7-10(9-18-3-5-19-6-4-18)12-2-1-11(16)8-13(12)17-14;2*1-2/h1-2,7-8H,3-6,9H2;2*1-2H3. The minimum Gasteiger partial charge on any atom is -0.379 e. The van der Waals surface area contributed by atoms with Crippen molar-refractivity contribution in [2.45, 2.75) is 34.2 Å². The zero-order valence-electron chi connectivity index (χ0n) is 14.4. The summed E-state index contributed by atoms with van der Waals surface area (Å²) in [6, 6.07) is 7.96. The minimum atomic E-state index is 0.718. The Morgan fingerprint density at radius 1 is 1.13 bits per heavy atom. The van der Waals surface area contributed by atoms with E-state index in [2.05, 4.69) is 31.9 Å². The van der Waals surface area contributed by atoms with Crippen molar-refractivity contribution in [2.75, 3.05) is 26.3 Å². The van der Waals surface area contributed by atoms with Gasteiger partial charge in [-0.3, -0.25) is 4.90 Å². The van der Waals surface area contributed by atoms with Crippen LogP contribution >= 0.6 is 27.5 Å². The number of aromatic nitrogens is 1. The van der Waals surface area contributed by atoms with E-state index in [4.69, 9.17) is 16.3 Å². The molecule has 1 aromatic heterocycles. The van der Waals surface area contributed by atoms with Crippen LogP contribution in [0.5, 0.6) is 0 Å². The number of halogens is 2. The highest BCUT2D eigenvalue weighted by atomic mass is 79.9. The van der Waals surface area contributed by atoms with Gasteiger partial charge in [0.2, 0.25) is 0 Å². The Bertz CT molecular complexity index is 596. The van der Waals surface area contributed by atoms with Crippen molar-refractivity contribution in [3.8, 4) is 0 Å². The zero-order chi connectivity index (χ0) is 17.2. The highest BCUT2D eigenvalue weighted by Crippen LogP contribution is 2.25. The molecule has 5 heteroatoms. The van der Waals surface area contributed by atoms with E-state index in [1.165, 1.54) is 10.9 Å². The van der Waals surface area contributed by atoms with Crippen molar-refractivity contribution in [3.05, 3.63) is 39.5 Å². The Kier molecular flexibility index (Phi) is 9.72. The third-order valence-electron chi connectivity index (χ3n) is 3.32. The first kappa shape index (κ1) is 20.4. The van der Waals surface area contributed by atoms with Gasteiger partial charge in [-0.2, -0.15) is 0 Å². The Hall–Kier alpha value is -0.680. The molecule has 0 saturated carbocycles. The number of morpholine rings is 1. The summed E-state index contributed by atoms with van der Waals surface area (Å²) in [5.41, 5.74) is 2.21. The lowest BCUT2D eigenvalue weighted by Crippen LogP contribution is -2.35. The Morgan fingerprint density at radius 2 is 1.78 bits per heavy atom. The van der Waals surface area contributed by atoms with Gasteiger partial charge in [-0.25, -0.2) is 4.98 Å². The molecule has 3 rings (SSSR count). The van der Waals surface area contributed by atoms with Crippen molar-refractivity contribution in [3.63, 3.8) is 0 Å². The zero-order valence-corrected chi connectivity index (χ0v) is 16.7. The Labute approximate surface area is 153 Å². The lowest BCUT2D eigenvalue weighted by atomic mass is 10.1. The van der Waals surface area contributed by atoms with Gasteiger partial charge in [0, 0.05) is 30.0 Å². The summed E-state index contributed by atoms with van der Waals surface area (Å²) in [7, 11) is 0. The molecule has 1 aliphatic rings. The average molecular weight is 402 g/mol. The second kappa shape index (κ2) is 11.0. The predicted octanol–water partition coefficient (Wildman–Crippen LogP) is 5.54. The topological polar surface area (TPSA) is 25.4 Å². The van der Waals surface area contributed by atoms with Crippen LogP contribution < -0.4 is 0 Å². The molecule has 0 aliphatic carbocycles. The monoisotopic (exact) mass is 400 g/mol. The van der Waals surface area contributed by atoms with Gasteiger partial charge in [0.15, 0.2) is 0 Å². The van der Waals surface area contributed by atoms with E-state index in [1.54, 1.807) is 0 Å². The molecule has 0 bridgehead atoms. The van der Waals surface area contributed by atoms with Gasteiger partial charge < -0.3 is 4.74 Å². The molecule has 128 valence electrons. The van der Waals surface area contributed by atoms with Crippen molar-refractivity contribution in [2.24, 2.45) is 0 Å². The van der Waals surface area contributed by atoms with Crippen LogP contribution in [0.3, 0.4) is 0 Å². The van der Waals surface area contributed by atoms with E-state index in [-0.39, 0.29) is 0 Å². The molecule has 2 aromatic rings. The lowest BCUT2D eigenvalue weighted by Gasteiger charge is -2.27. The fourth-order valence-corrected chi connectivity index (χ4v) is 3.00. The van der Waals surface area contributed by atoms with Crippen LogP contribution in [0.2, 0.25) is 5.02 Å². The van der Waals surface area contributed by atoms with Gasteiger partial charge in [-0.1, -0.05) is 45.4 Å². The molecule has 2 heterocycles. The number of pyridine rings is 1. The van der Waals surface area contributed by atoms with Gasteiger partial charge in [0.05, 0.1) is 18.7 Å². The maximum atomic E-state index is 6.03. The molecule has 1 fully saturated rings. The summed E-state index contributed by atoms with van der Waals surface area (Å²) in [5.74, 6) is 0. The number of fused-ring (bicyclic) bond motifs is 1. The Balaban J connectivity index is 0.000000615. The molecule has 1 aliphatic heterocycles. The summed E-state index contributed by atoms with van der Waals surface area (Å²) < 4.78 is 6.24. The SMILES string of the molecule is CC.CC.Clc1ccc2c(CN3CCOCC3)cc(Br)nc2c1. The van der Waals surface area contributed by atoms with Gasteiger partial charge in [-0.15, -0.1) is 0 Å². The van der Waals surface area contributed by atoms with Gasteiger partial charge in [-0.05, 0) is 39.7 Å². The quantitative estimate of drug-likeness (QED) is 0.618. The molecule has 3 nitrogen and oxygen atoms in total. The maximum Gasteiger partial charge on any atom is 0.107 e. The largest absolute Gasteiger partial charge is 0.379 e. The molecule has 1 saturated heterocycles. The molecular formula is C18H26BrClN2O. The number of hydrogen-bond acceptors (Lipinski definition) is 3. The van der Waals surface area contributed by atoms with Gasteiger partial charge in [0.1, 0.15) is 4.60 Å². The normalized spacial score (nSPS) is 14.5. The first-order valence-corrected chi connectivity index (χ1v) is 9.44. The first-order chi connectivity index (χ1) is 11.2. The third kappa shape index (κ3) is 6.03. The Morgan fingerprint density at radius 3 is 2.43 bits per heavy atom. The summed E-state index contributed by atoms with van der Waals surface area (Å²) in [4.78, 5) is 6.88. The molecule has 0 N–H and O–H groups in total. The number of nitrogens with zero attached hydrogens (tertiary/aromatic N) is 2. The van der Waals surface area contributed by atoms with Crippen molar-refractivity contribution < 1.29 is 4.74 Å². The van der Waals surface area contributed by atoms with Crippen molar-refractivity contribution >= 4 is 38.4 Å². The molecule has 0 unspecified atom stereocenters. The van der Waals surface area contributed by atoms with E-state index in [0.717, 1.165) is 48.0 Å². The first-order valence-electron chi connectivity index (χ1n) is 8.27. The van der Waals surface area contributed by atoms with Crippen LogP contribution in [0.25, 0.3) is 10.9 Å². The van der Waals surface area contributed by atoms with E-state index in [1.807, 2.05) is 45.9 Å². The second-order valence-corrected chi connectivity index (χ2v) is 5.90. The van der Waals surface area contributed by atoms with Crippen LogP contribution in [0, 0.1) is 0 Å². The van der Waals surface area contributed by atoms with E-state index < -0.39 is 0 Å². The fraction of sp³-hybridized carbons (Fsp3) is 0.500. The van der Waals surface area contributed by atoms with E-state index in [0.29, 0.717) is 0 Å². The van der Waals surface area contributed by atoms with Crippen LogP contribution in [0.1, 0.15) is 33.3 Å². The highest BCUT2D eigenvalue weighted by Gasteiger charge is 2.13. The summed E-state index contributed by atoms with van der Waals surface area (Å²) in [6.07, 6.45) is 0. The van der Waals surface area contributed by atoms with Gasteiger partial charge in [0.25, 0.3) is 0 Å². The average Bonchev–Trinajstić information content (AvgIpc) is 2.59. The lowest BCUT2D eigenvalue weighted by molar-refractivity contribution is 0.0343. The number of ether oxygens (including phenoxy) is 1. The van der Waals surface area contributed by atoms with Crippen molar-refractivity contribution in [1.29, 1.82) is 0 Å². The minimum absolute atomic E-state index is 0.718. The number of rotatable bonds is 2. The molecule has 1 aromatic carbocycles.